The van der Waals surface area contributed by atoms with Gasteiger partial charge in [-0.3, -0.25) is 63.3 Å². The normalized spacial score (nSPS) is 15.7. The number of carbonyl (C=O) groups is 12. The average molecular weight is 1070 g/mol. The Hall–Kier alpha value is -7.34. The lowest BCUT2D eigenvalue weighted by molar-refractivity contribution is -0.142. The molecule has 1 saturated heterocycles. The SMILES string of the molecule is O=C(O)CC[C@H](NC(=O)N[C@@H](CCCCNC(=O)CCC(=O)NCC[C@@H](NC(=O)C(Cc1ccccc1)NCC(=O)CN1CCN(CC(=O)O)CCN(CC(=O)O)CCN(CC(=O)O)CC1)C(=O)O)C(=O)O)C(=O)O. The predicted octanol–water partition coefficient (Wildman–Crippen LogP) is -3.56. The molecular formula is C46H70N10O19. The van der Waals surface area contributed by atoms with Crippen LogP contribution in [0, 0.1) is 0 Å². The van der Waals surface area contributed by atoms with E-state index in [2.05, 4.69) is 26.6 Å². The van der Waals surface area contributed by atoms with E-state index < -0.39 is 108 Å². The zero-order valence-corrected chi connectivity index (χ0v) is 41.5. The first-order valence-electron chi connectivity index (χ1n) is 24.2. The Bertz CT molecular complexity index is 2070. The molecule has 2 rings (SSSR count). The summed E-state index contributed by atoms with van der Waals surface area (Å²) >= 11 is 0. The largest absolute Gasteiger partial charge is 0.481 e. The van der Waals surface area contributed by atoms with E-state index in [0.717, 1.165) is 0 Å². The van der Waals surface area contributed by atoms with Gasteiger partial charge in [0.25, 0.3) is 0 Å². The number of hydrogen-bond acceptors (Lipinski definition) is 17. The molecule has 418 valence electrons. The molecule has 75 heavy (non-hydrogen) atoms. The van der Waals surface area contributed by atoms with E-state index in [0.29, 0.717) is 5.56 Å². The molecule has 1 fully saturated rings. The summed E-state index contributed by atoms with van der Waals surface area (Å²) in [4.78, 5) is 152. The molecule has 0 saturated carbocycles. The minimum atomic E-state index is -1.57. The van der Waals surface area contributed by atoms with Gasteiger partial charge >= 0.3 is 47.8 Å². The number of amides is 5. The number of hydrogen-bond donors (Lipinski definition) is 13. The van der Waals surface area contributed by atoms with Gasteiger partial charge in [0.2, 0.25) is 17.7 Å². The number of ketones is 1. The Morgan fingerprint density at radius 3 is 1.32 bits per heavy atom. The van der Waals surface area contributed by atoms with Gasteiger partial charge in [-0.2, -0.15) is 0 Å². The molecule has 0 bridgehead atoms. The molecule has 29 nitrogen and oxygen atoms in total. The van der Waals surface area contributed by atoms with Crippen molar-refractivity contribution in [2.75, 3.05) is 98.2 Å². The zero-order chi connectivity index (χ0) is 55.9. The number of nitrogens with one attached hydrogen (secondary N) is 6. The molecule has 1 aliphatic heterocycles. The molecule has 0 aliphatic carbocycles. The van der Waals surface area contributed by atoms with E-state index in [1.54, 1.807) is 49.9 Å². The molecule has 1 aromatic rings. The van der Waals surface area contributed by atoms with Gasteiger partial charge in [-0.15, -0.1) is 0 Å². The highest BCUT2D eigenvalue weighted by atomic mass is 16.4. The third kappa shape index (κ3) is 29.2. The van der Waals surface area contributed by atoms with Gasteiger partial charge in [0.1, 0.15) is 18.1 Å². The first-order valence-corrected chi connectivity index (χ1v) is 24.2. The van der Waals surface area contributed by atoms with Crippen LogP contribution in [0.2, 0.25) is 0 Å². The van der Waals surface area contributed by atoms with Crippen LogP contribution < -0.4 is 31.9 Å². The van der Waals surface area contributed by atoms with Gasteiger partial charge in [-0.05, 0) is 44.1 Å². The summed E-state index contributed by atoms with van der Waals surface area (Å²) in [6.07, 6.45) is -1.41. The van der Waals surface area contributed by atoms with Gasteiger partial charge in [-0.25, -0.2) is 19.2 Å². The highest BCUT2D eigenvalue weighted by molar-refractivity contribution is 5.89. The summed E-state index contributed by atoms with van der Waals surface area (Å²) in [6, 6.07) is 1.94. The maximum Gasteiger partial charge on any atom is 0.326 e. The smallest absolute Gasteiger partial charge is 0.326 e. The number of carboxylic acids is 7. The third-order valence-corrected chi connectivity index (χ3v) is 11.6. The Morgan fingerprint density at radius 2 is 0.880 bits per heavy atom. The lowest BCUT2D eigenvalue weighted by atomic mass is 10.0. The van der Waals surface area contributed by atoms with E-state index in [-0.39, 0.29) is 143 Å². The molecule has 1 unspecified atom stereocenters. The van der Waals surface area contributed by atoms with Gasteiger partial charge in [0.05, 0.1) is 38.8 Å². The molecule has 1 heterocycles. The summed E-state index contributed by atoms with van der Waals surface area (Å²) in [7, 11) is 0. The minimum absolute atomic E-state index is 0.0378. The standard InChI is InChI=1S/C46H70N10O19/c57-31(26-53-16-18-54(27-39(62)63)20-22-56(29-41(66)67)23-21-55(19-17-53)28-40(64)65)25-49-35(24-30-6-2-1-3-7-30)42(68)50-34(45(73)74)13-15-48-37(59)11-10-36(58)47-14-5-4-8-32(43(69)70)51-46(75)52-33(44(71)72)9-12-38(60)61/h1-3,6-7,32-35,49H,4-5,8-29H2,(H,47,58)(H,48,59)(H,50,68)(H,60,61)(H,62,63)(H,64,65)(H,66,67)(H,69,70)(H,71,72)(H,73,74)(H2,51,52,75)/t32-,33-,34+,35?/m0/s1. The number of unbranched alkanes of at least 4 members (excludes halogenated alkanes) is 1. The Morgan fingerprint density at radius 1 is 0.453 bits per heavy atom. The van der Waals surface area contributed by atoms with Gasteiger partial charge < -0.3 is 62.3 Å². The van der Waals surface area contributed by atoms with Crippen LogP contribution in [0.25, 0.3) is 0 Å². The molecule has 1 aliphatic rings. The van der Waals surface area contributed by atoms with Crippen molar-refractivity contribution in [3.8, 4) is 0 Å². The second kappa shape index (κ2) is 35.0. The molecule has 0 aromatic heterocycles. The Kier molecular flexibility index (Phi) is 29.7. The van der Waals surface area contributed by atoms with E-state index in [1.807, 2.05) is 5.32 Å². The van der Waals surface area contributed by atoms with Crippen molar-refractivity contribution in [3.63, 3.8) is 0 Å². The number of nitrogens with zero attached hydrogens (tertiary/aromatic N) is 4. The van der Waals surface area contributed by atoms with Crippen LogP contribution in [0.15, 0.2) is 30.3 Å². The van der Waals surface area contributed by atoms with Crippen LogP contribution in [0.4, 0.5) is 4.79 Å². The van der Waals surface area contributed by atoms with Crippen molar-refractivity contribution in [3.05, 3.63) is 35.9 Å². The lowest BCUT2D eigenvalue weighted by Crippen LogP contribution is -2.53. The summed E-state index contributed by atoms with van der Waals surface area (Å²) in [5.74, 6) is -11.2. The third-order valence-electron chi connectivity index (χ3n) is 11.6. The van der Waals surface area contributed by atoms with Crippen LogP contribution in [-0.4, -0.2) is 249 Å². The van der Waals surface area contributed by atoms with Gasteiger partial charge in [-0.1, -0.05) is 30.3 Å². The van der Waals surface area contributed by atoms with Crippen molar-refractivity contribution >= 4 is 71.3 Å². The van der Waals surface area contributed by atoms with Crippen molar-refractivity contribution < 1.29 is 93.3 Å². The van der Waals surface area contributed by atoms with Gasteiger partial charge in [0, 0.05) is 84.7 Å². The monoisotopic (exact) mass is 1070 g/mol. The minimum Gasteiger partial charge on any atom is -0.481 e. The highest BCUT2D eigenvalue weighted by Crippen LogP contribution is 2.08. The summed E-state index contributed by atoms with van der Waals surface area (Å²) in [5.41, 5.74) is 0.677. The van der Waals surface area contributed by atoms with E-state index in [9.17, 15) is 88.2 Å². The second-order valence-electron chi connectivity index (χ2n) is 17.7. The summed E-state index contributed by atoms with van der Waals surface area (Å²) < 4.78 is 0. The average Bonchev–Trinajstić information content (AvgIpc) is 3.32. The molecule has 5 amide bonds. The van der Waals surface area contributed by atoms with Crippen LogP contribution >= 0.6 is 0 Å². The van der Waals surface area contributed by atoms with Crippen molar-refractivity contribution in [1.29, 1.82) is 0 Å². The van der Waals surface area contributed by atoms with Crippen LogP contribution in [-0.2, 0) is 59.2 Å². The number of urea groups is 1. The van der Waals surface area contributed by atoms with E-state index in [4.69, 9.17) is 5.11 Å². The first kappa shape index (κ1) is 63.8. The van der Waals surface area contributed by atoms with Crippen molar-refractivity contribution in [2.45, 2.75) is 82.0 Å². The Balaban J connectivity index is 1.94. The molecule has 13 N–H and O–H groups in total. The molecule has 29 heteroatoms. The fraction of sp³-hybridized carbons (Fsp3) is 0.609. The maximum atomic E-state index is 13.7. The fourth-order valence-electron chi connectivity index (χ4n) is 7.57. The number of carbonyl (C=O) groups excluding carboxylic acids is 5. The summed E-state index contributed by atoms with van der Waals surface area (Å²) in [6.45, 7) is -0.257. The number of benzene rings is 1. The summed E-state index contributed by atoms with van der Waals surface area (Å²) in [5, 5.41) is 80.5. The van der Waals surface area contributed by atoms with Crippen LogP contribution in [0.1, 0.15) is 56.9 Å². The number of rotatable bonds is 34. The van der Waals surface area contributed by atoms with Gasteiger partial charge in [0.15, 0.2) is 5.78 Å². The molecule has 0 spiro atoms. The maximum absolute atomic E-state index is 13.7. The molecular weight excluding hydrogens is 997 g/mol. The number of carboxylic acid groups (broad SMARTS) is 7. The number of Topliss-reactive ketones (excluding diaryl/α,β-unsaturated/α-hetero) is 1. The Labute approximate surface area is 431 Å². The quantitative estimate of drug-likeness (QED) is 0.0297. The van der Waals surface area contributed by atoms with Crippen LogP contribution in [0.3, 0.4) is 0 Å². The van der Waals surface area contributed by atoms with Crippen molar-refractivity contribution in [1.82, 2.24) is 51.5 Å². The van der Waals surface area contributed by atoms with E-state index in [1.165, 1.54) is 0 Å². The molecule has 0 radical (unpaired) electrons. The van der Waals surface area contributed by atoms with Crippen molar-refractivity contribution in [2.24, 2.45) is 0 Å². The second-order valence-corrected chi connectivity index (χ2v) is 17.7. The topological polar surface area (TPSA) is 432 Å². The first-order chi connectivity index (χ1) is 35.5. The lowest BCUT2D eigenvalue weighted by Gasteiger charge is -2.33. The predicted molar refractivity (Wildman–Crippen MR) is 260 cm³/mol. The molecule has 1 aromatic carbocycles. The van der Waals surface area contributed by atoms with Crippen LogP contribution in [0.5, 0.6) is 0 Å². The molecule has 4 atom stereocenters. The number of aliphatic carboxylic acids is 7. The van der Waals surface area contributed by atoms with E-state index >= 15 is 0 Å². The highest BCUT2D eigenvalue weighted by Gasteiger charge is 2.28. The zero-order valence-electron chi connectivity index (χ0n) is 41.5. The fourth-order valence-corrected chi connectivity index (χ4v) is 7.57.